The average molecular weight is 297 g/mol. The summed E-state index contributed by atoms with van der Waals surface area (Å²) in [4.78, 5) is 11.9. The largest absolute Gasteiger partial charge is 0.338 e. The highest BCUT2D eigenvalue weighted by Gasteiger charge is 2.08. The predicted molar refractivity (Wildman–Crippen MR) is 74.8 cm³/mol. The molecule has 0 saturated heterocycles. The van der Waals surface area contributed by atoms with Crippen LogP contribution in [-0.2, 0) is 0 Å². The Labute approximate surface area is 120 Å². The van der Waals surface area contributed by atoms with Gasteiger partial charge in [-0.3, -0.25) is 4.79 Å². The highest BCUT2D eigenvalue weighted by molar-refractivity contribution is 6.36. The van der Waals surface area contributed by atoms with Crippen molar-refractivity contribution in [2.75, 3.05) is 5.32 Å². The molecule has 0 atom stereocenters. The summed E-state index contributed by atoms with van der Waals surface area (Å²) in [6.07, 6.45) is 2.80. The first-order chi connectivity index (χ1) is 9.06. The number of aromatic nitrogens is 1. The molecule has 98 valence electrons. The number of nitrogens with one attached hydrogen (secondary N) is 1. The maximum Gasteiger partial charge on any atom is 0.228 e. The second-order valence-corrected chi connectivity index (χ2v) is 4.64. The van der Waals surface area contributed by atoms with Crippen molar-refractivity contribution in [1.29, 1.82) is 0 Å². The molecule has 0 unspecified atom stereocenters. The second-order valence-electron chi connectivity index (χ2n) is 3.80. The molecule has 4 nitrogen and oxygen atoms in total. The molecule has 0 spiro atoms. The number of benzene rings is 1. The van der Waals surface area contributed by atoms with Gasteiger partial charge in [-0.15, -0.1) is 0 Å². The van der Waals surface area contributed by atoms with Crippen LogP contribution in [0, 0.1) is 6.92 Å². The third-order valence-corrected chi connectivity index (χ3v) is 2.85. The Morgan fingerprint density at radius 3 is 2.84 bits per heavy atom. The highest BCUT2D eigenvalue weighted by atomic mass is 35.5. The third kappa shape index (κ3) is 3.59. The molecule has 0 aliphatic heterocycles. The van der Waals surface area contributed by atoms with Crippen LogP contribution in [0.2, 0.25) is 10.0 Å². The van der Waals surface area contributed by atoms with E-state index in [1.54, 1.807) is 25.1 Å². The number of halogens is 2. The van der Waals surface area contributed by atoms with Gasteiger partial charge in [-0.2, -0.15) is 0 Å². The zero-order valence-electron chi connectivity index (χ0n) is 9.98. The normalized spacial score (nSPS) is 10.9. The van der Waals surface area contributed by atoms with E-state index in [2.05, 4.69) is 10.5 Å². The van der Waals surface area contributed by atoms with Crippen LogP contribution in [-0.4, -0.2) is 10.9 Å². The monoisotopic (exact) mass is 296 g/mol. The number of hydrogen-bond donors (Lipinski definition) is 1. The summed E-state index contributed by atoms with van der Waals surface area (Å²) in [5, 5.41) is 7.31. The Balaban J connectivity index is 2.06. The molecule has 2 aromatic rings. The lowest BCUT2D eigenvalue weighted by molar-refractivity contribution is 0.104. The smallest absolute Gasteiger partial charge is 0.228 e. The Morgan fingerprint density at radius 2 is 2.16 bits per heavy atom. The number of rotatable bonds is 4. The van der Waals surface area contributed by atoms with Crippen molar-refractivity contribution in [3.8, 4) is 0 Å². The SMILES string of the molecule is Cc1cc(N/C=C\C(=O)c2cc(Cl)ccc2Cl)on1. The number of carbonyl (C=O) groups excluding carboxylic acids is 1. The maximum absolute atomic E-state index is 11.9. The number of anilines is 1. The lowest BCUT2D eigenvalue weighted by Gasteiger charge is -2.00. The van der Waals surface area contributed by atoms with E-state index in [9.17, 15) is 4.79 Å². The summed E-state index contributed by atoms with van der Waals surface area (Å²) in [6, 6.07) is 6.44. The van der Waals surface area contributed by atoms with Crippen LogP contribution < -0.4 is 5.32 Å². The van der Waals surface area contributed by atoms with Gasteiger partial charge < -0.3 is 9.84 Å². The maximum atomic E-state index is 11.9. The van der Waals surface area contributed by atoms with Gasteiger partial charge in [0.2, 0.25) is 5.88 Å². The summed E-state index contributed by atoms with van der Waals surface area (Å²) >= 11 is 11.7. The molecule has 6 heteroatoms. The molecular formula is C13H10Cl2N2O2. The van der Waals surface area contributed by atoms with Crippen molar-refractivity contribution in [3.63, 3.8) is 0 Å². The number of nitrogens with zero attached hydrogens (tertiary/aromatic N) is 1. The molecule has 1 N–H and O–H groups in total. The molecule has 0 radical (unpaired) electrons. The molecular weight excluding hydrogens is 287 g/mol. The van der Waals surface area contributed by atoms with E-state index in [0.29, 0.717) is 21.5 Å². The van der Waals surface area contributed by atoms with Crippen molar-refractivity contribution < 1.29 is 9.32 Å². The fourth-order valence-corrected chi connectivity index (χ4v) is 1.79. The van der Waals surface area contributed by atoms with E-state index >= 15 is 0 Å². The van der Waals surface area contributed by atoms with E-state index in [0.717, 1.165) is 5.69 Å². The quantitative estimate of drug-likeness (QED) is 0.682. The van der Waals surface area contributed by atoms with Gasteiger partial charge in [0.05, 0.1) is 10.7 Å². The zero-order chi connectivity index (χ0) is 13.8. The second kappa shape index (κ2) is 5.91. The van der Waals surface area contributed by atoms with Crippen LogP contribution >= 0.6 is 23.2 Å². The van der Waals surface area contributed by atoms with Gasteiger partial charge in [-0.05, 0) is 25.1 Å². The lowest BCUT2D eigenvalue weighted by atomic mass is 10.1. The number of carbonyl (C=O) groups is 1. The molecule has 1 aromatic heterocycles. The van der Waals surface area contributed by atoms with Crippen LogP contribution in [0.5, 0.6) is 0 Å². The van der Waals surface area contributed by atoms with Gasteiger partial charge >= 0.3 is 0 Å². The molecule has 2 rings (SSSR count). The number of hydrogen-bond acceptors (Lipinski definition) is 4. The molecule has 0 amide bonds. The first-order valence-electron chi connectivity index (χ1n) is 5.42. The topological polar surface area (TPSA) is 55.1 Å². The molecule has 0 aliphatic rings. The summed E-state index contributed by atoms with van der Waals surface area (Å²) in [5.41, 5.74) is 1.10. The molecule has 0 bridgehead atoms. The van der Waals surface area contributed by atoms with Crippen molar-refractivity contribution >= 4 is 34.9 Å². The van der Waals surface area contributed by atoms with E-state index in [4.69, 9.17) is 27.7 Å². The Hall–Kier alpha value is -1.78. The third-order valence-electron chi connectivity index (χ3n) is 2.28. The van der Waals surface area contributed by atoms with Crippen LogP contribution in [0.1, 0.15) is 16.1 Å². The van der Waals surface area contributed by atoms with Gasteiger partial charge in [0.15, 0.2) is 5.78 Å². The summed E-state index contributed by atoms with van der Waals surface area (Å²) in [7, 11) is 0. The van der Waals surface area contributed by atoms with Gasteiger partial charge in [0.1, 0.15) is 0 Å². The predicted octanol–water partition coefficient (Wildman–Crippen LogP) is 4.10. The minimum atomic E-state index is -0.253. The van der Waals surface area contributed by atoms with Crippen LogP contribution in [0.4, 0.5) is 5.88 Å². The summed E-state index contributed by atoms with van der Waals surface area (Å²) in [5.74, 6) is 0.204. The molecule has 0 fully saturated rings. The van der Waals surface area contributed by atoms with Gasteiger partial charge in [-0.1, -0.05) is 28.4 Å². The van der Waals surface area contributed by atoms with Gasteiger partial charge in [0, 0.05) is 28.9 Å². The molecule has 19 heavy (non-hydrogen) atoms. The van der Waals surface area contributed by atoms with E-state index in [1.165, 1.54) is 18.3 Å². The van der Waals surface area contributed by atoms with Crippen molar-refractivity contribution in [1.82, 2.24) is 5.16 Å². The molecule has 0 saturated carbocycles. The Kier molecular flexibility index (Phi) is 4.24. The van der Waals surface area contributed by atoms with Crippen LogP contribution in [0.15, 0.2) is 41.1 Å². The standard InChI is InChI=1S/C13H10Cl2N2O2/c1-8-6-13(19-17-8)16-5-4-12(18)10-7-9(14)2-3-11(10)15/h2-7,16H,1H3/b5-4-. The minimum absolute atomic E-state index is 0.253. The zero-order valence-corrected chi connectivity index (χ0v) is 11.5. The molecule has 1 heterocycles. The number of aryl methyl sites for hydroxylation is 1. The van der Waals surface area contributed by atoms with Crippen LogP contribution in [0.25, 0.3) is 0 Å². The average Bonchev–Trinajstić information content (AvgIpc) is 2.78. The van der Waals surface area contributed by atoms with E-state index in [1.807, 2.05) is 0 Å². The Bertz CT molecular complexity index is 635. The van der Waals surface area contributed by atoms with Crippen LogP contribution in [0.3, 0.4) is 0 Å². The first kappa shape index (κ1) is 13.6. The Morgan fingerprint density at radius 1 is 1.37 bits per heavy atom. The van der Waals surface area contributed by atoms with E-state index in [-0.39, 0.29) is 5.78 Å². The molecule has 0 aliphatic carbocycles. The number of allylic oxidation sites excluding steroid dienone is 1. The number of ketones is 1. The van der Waals surface area contributed by atoms with Crippen molar-refractivity contribution in [3.05, 3.63) is 57.8 Å². The summed E-state index contributed by atoms with van der Waals surface area (Å²) in [6.45, 7) is 1.80. The van der Waals surface area contributed by atoms with Gasteiger partial charge in [0.25, 0.3) is 0 Å². The van der Waals surface area contributed by atoms with E-state index < -0.39 is 0 Å². The highest BCUT2D eigenvalue weighted by Crippen LogP contribution is 2.21. The van der Waals surface area contributed by atoms with Crippen molar-refractivity contribution in [2.24, 2.45) is 0 Å². The first-order valence-corrected chi connectivity index (χ1v) is 6.17. The lowest BCUT2D eigenvalue weighted by Crippen LogP contribution is -1.97. The molecule has 1 aromatic carbocycles. The minimum Gasteiger partial charge on any atom is -0.338 e. The fourth-order valence-electron chi connectivity index (χ4n) is 1.41. The fraction of sp³-hybridized carbons (Fsp3) is 0.0769. The van der Waals surface area contributed by atoms with Crippen molar-refractivity contribution in [2.45, 2.75) is 6.92 Å². The summed E-state index contributed by atoms with van der Waals surface area (Å²) < 4.78 is 4.92. The van der Waals surface area contributed by atoms with Gasteiger partial charge in [-0.25, -0.2) is 0 Å².